The van der Waals surface area contributed by atoms with Gasteiger partial charge in [-0.2, -0.15) is 0 Å². The molecule has 2 N–H and O–H groups in total. The molecule has 2 aromatic rings. The molecule has 0 saturated carbocycles. The van der Waals surface area contributed by atoms with E-state index >= 15 is 0 Å². The lowest BCUT2D eigenvalue weighted by Gasteiger charge is -2.13. The van der Waals surface area contributed by atoms with E-state index in [0.717, 1.165) is 5.56 Å². The van der Waals surface area contributed by atoms with Gasteiger partial charge in [-0.1, -0.05) is 42.5 Å². The van der Waals surface area contributed by atoms with Crippen LogP contribution < -0.4 is 10.5 Å². The number of nitrogens with two attached hydrogens (primary N) is 1. The molecule has 0 atom stereocenters. The Morgan fingerprint density at radius 1 is 0.947 bits per heavy atom. The van der Waals surface area contributed by atoms with E-state index in [0.29, 0.717) is 17.7 Å². The van der Waals surface area contributed by atoms with E-state index in [4.69, 9.17) is 5.73 Å². The summed E-state index contributed by atoms with van der Waals surface area (Å²) in [6.07, 6.45) is -4.70. The summed E-state index contributed by atoms with van der Waals surface area (Å²) in [4.78, 5) is 0. The first kappa shape index (κ1) is 13.4. The number of alkyl halides is 3. The molecule has 2 nitrogen and oxygen atoms in total. The van der Waals surface area contributed by atoms with Crippen LogP contribution in [0.1, 0.15) is 5.56 Å². The van der Waals surface area contributed by atoms with E-state index in [1.807, 2.05) is 0 Å². The van der Waals surface area contributed by atoms with Crippen molar-refractivity contribution in [3.8, 4) is 16.9 Å². The fourth-order valence-electron chi connectivity index (χ4n) is 1.74. The van der Waals surface area contributed by atoms with Gasteiger partial charge >= 0.3 is 6.36 Å². The van der Waals surface area contributed by atoms with Crippen LogP contribution >= 0.6 is 0 Å². The van der Waals surface area contributed by atoms with Crippen molar-refractivity contribution in [1.29, 1.82) is 0 Å². The van der Waals surface area contributed by atoms with Crippen molar-refractivity contribution in [1.82, 2.24) is 0 Å². The molecule has 2 aromatic carbocycles. The second-order valence-corrected chi connectivity index (χ2v) is 3.95. The van der Waals surface area contributed by atoms with Gasteiger partial charge < -0.3 is 10.5 Å². The Kier molecular flexibility index (Phi) is 3.76. The SMILES string of the molecule is NCc1ccc(-c2ccccc2OC(F)(F)F)cc1. The van der Waals surface area contributed by atoms with Crippen LogP contribution in [0.15, 0.2) is 48.5 Å². The van der Waals surface area contributed by atoms with Gasteiger partial charge in [-0.15, -0.1) is 13.2 Å². The number of ether oxygens (including phenoxy) is 1. The van der Waals surface area contributed by atoms with Crippen LogP contribution in [0, 0.1) is 0 Å². The van der Waals surface area contributed by atoms with E-state index in [9.17, 15) is 13.2 Å². The third kappa shape index (κ3) is 3.48. The van der Waals surface area contributed by atoms with E-state index in [2.05, 4.69) is 4.74 Å². The fourth-order valence-corrected chi connectivity index (χ4v) is 1.74. The summed E-state index contributed by atoms with van der Waals surface area (Å²) in [6, 6.07) is 13.0. The van der Waals surface area contributed by atoms with Crippen LogP contribution in [-0.2, 0) is 6.54 Å². The molecular weight excluding hydrogens is 255 g/mol. The Morgan fingerprint density at radius 2 is 1.58 bits per heavy atom. The van der Waals surface area contributed by atoms with Gasteiger partial charge in [0.2, 0.25) is 0 Å². The Labute approximate surface area is 108 Å². The molecule has 19 heavy (non-hydrogen) atoms. The second-order valence-electron chi connectivity index (χ2n) is 3.95. The van der Waals surface area contributed by atoms with E-state index < -0.39 is 6.36 Å². The molecule has 0 amide bonds. The molecule has 0 spiro atoms. The molecule has 0 radical (unpaired) electrons. The first-order valence-electron chi connectivity index (χ1n) is 5.64. The molecule has 0 bridgehead atoms. The molecule has 0 unspecified atom stereocenters. The summed E-state index contributed by atoms with van der Waals surface area (Å²) in [5, 5.41) is 0. The predicted molar refractivity (Wildman–Crippen MR) is 66.5 cm³/mol. The normalized spacial score (nSPS) is 11.4. The Bertz CT molecular complexity index is 549. The second kappa shape index (κ2) is 5.32. The van der Waals surface area contributed by atoms with Gasteiger partial charge in [0.05, 0.1) is 0 Å². The zero-order valence-electron chi connectivity index (χ0n) is 9.95. The highest BCUT2D eigenvalue weighted by atomic mass is 19.4. The third-order valence-corrected chi connectivity index (χ3v) is 2.61. The monoisotopic (exact) mass is 267 g/mol. The summed E-state index contributed by atoms with van der Waals surface area (Å²) in [6.45, 7) is 0.390. The number of para-hydroxylation sites is 1. The van der Waals surface area contributed by atoms with E-state index in [1.165, 1.54) is 12.1 Å². The van der Waals surface area contributed by atoms with Crippen molar-refractivity contribution in [2.24, 2.45) is 5.73 Å². The summed E-state index contributed by atoms with van der Waals surface area (Å²) >= 11 is 0. The van der Waals surface area contributed by atoms with Crippen molar-refractivity contribution < 1.29 is 17.9 Å². The van der Waals surface area contributed by atoms with Crippen molar-refractivity contribution in [2.75, 3.05) is 0 Å². The smallest absolute Gasteiger partial charge is 0.405 e. The maximum Gasteiger partial charge on any atom is 0.573 e. The molecular formula is C14H12F3NO. The molecule has 0 heterocycles. The number of halogens is 3. The standard InChI is InChI=1S/C14H12F3NO/c15-14(16,17)19-13-4-2-1-3-12(13)11-7-5-10(9-18)6-8-11/h1-8H,9,18H2. The van der Waals surface area contributed by atoms with Gasteiger partial charge in [-0.25, -0.2) is 0 Å². The first-order chi connectivity index (χ1) is 8.99. The fraction of sp³-hybridized carbons (Fsp3) is 0.143. The molecule has 0 aliphatic heterocycles. The highest BCUT2D eigenvalue weighted by Gasteiger charge is 2.32. The molecule has 100 valence electrons. The first-order valence-corrected chi connectivity index (χ1v) is 5.64. The average molecular weight is 267 g/mol. The Morgan fingerprint density at radius 3 is 2.16 bits per heavy atom. The van der Waals surface area contributed by atoms with E-state index in [-0.39, 0.29) is 5.75 Å². The molecule has 0 aromatic heterocycles. The van der Waals surface area contributed by atoms with Gasteiger partial charge in [-0.05, 0) is 17.2 Å². The van der Waals surface area contributed by atoms with Gasteiger partial charge in [-0.3, -0.25) is 0 Å². The Hall–Kier alpha value is -2.01. The number of rotatable bonds is 3. The van der Waals surface area contributed by atoms with Gasteiger partial charge in [0.25, 0.3) is 0 Å². The number of hydrogen-bond donors (Lipinski definition) is 1. The molecule has 0 saturated heterocycles. The highest BCUT2D eigenvalue weighted by molar-refractivity contribution is 5.70. The maximum absolute atomic E-state index is 12.3. The maximum atomic E-state index is 12.3. The summed E-state index contributed by atoms with van der Waals surface area (Å²) in [7, 11) is 0. The van der Waals surface area contributed by atoms with Crippen molar-refractivity contribution >= 4 is 0 Å². The topological polar surface area (TPSA) is 35.2 Å². The minimum atomic E-state index is -4.70. The quantitative estimate of drug-likeness (QED) is 0.920. The molecule has 0 aliphatic carbocycles. The summed E-state index contributed by atoms with van der Waals surface area (Å²) in [5.74, 6) is -0.213. The molecule has 0 aliphatic rings. The lowest BCUT2D eigenvalue weighted by atomic mass is 10.0. The van der Waals surface area contributed by atoms with Crippen LogP contribution in [-0.4, -0.2) is 6.36 Å². The van der Waals surface area contributed by atoms with Crippen molar-refractivity contribution in [3.05, 3.63) is 54.1 Å². The lowest BCUT2D eigenvalue weighted by molar-refractivity contribution is -0.274. The average Bonchev–Trinajstić information content (AvgIpc) is 2.38. The summed E-state index contributed by atoms with van der Waals surface area (Å²) < 4.78 is 41.0. The van der Waals surface area contributed by atoms with Crippen LogP contribution in [0.25, 0.3) is 11.1 Å². The highest BCUT2D eigenvalue weighted by Crippen LogP contribution is 2.33. The minimum absolute atomic E-state index is 0.213. The zero-order chi connectivity index (χ0) is 13.9. The van der Waals surface area contributed by atoms with E-state index in [1.54, 1.807) is 36.4 Å². The third-order valence-electron chi connectivity index (χ3n) is 2.61. The number of benzene rings is 2. The lowest BCUT2D eigenvalue weighted by Crippen LogP contribution is -2.17. The Balaban J connectivity index is 2.38. The van der Waals surface area contributed by atoms with Crippen LogP contribution in [0.2, 0.25) is 0 Å². The minimum Gasteiger partial charge on any atom is -0.405 e. The zero-order valence-corrected chi connectivity index (χ0v) is 9.95. The largest absolute Gasteiger partial charge is 0.573 e. The van der Waals surface area contributed by atoms with Crippen molar-refractivity contribution in [2.45, 2.75) is 12.9 Å². The van der Waals surface area contributed by atoms with Crippen LogP contribution in [0.5, 0.6) is 5.75 Å². The van der Waals surface area contributed by atoms with Crippen molar-refractivity contribution in [3.63, 3.8) is 0 Å². The molecule has 2 rings (SSSR count). The number of hydrogen-bond acceptors (Lipinski definition) is 2. The van der Waals surface area contributed by atoms with Gasteiger partial charge in [0.1, 0.15) is 5.75 Å². The predicted octanol–water partition coefficient (Wildman–Crippen LogP) is 3.71. The summed E-state index contributed by atoms with van der Waals surface area (Å²) in [5.41, 5.74) is 7.44. The molecule has 0 fully saturated rings. The van der Waals surface area contributed by atoms with Crippen LogP contribution in [0.4, 0.5) is 13.2 Å². The van der Waals surface area contributed by atoms with Gasteiger partial charge in [0, 0.05) is 12.1 Å². The van der Waals surface area contributed by atoms with Gasteiger partial charge in [0.15, 0.2) is 0 Å². The van der Waals surface area contributed by atoms with Crippen LogP contribution in [0.3, 0.4) is 0 Å². The molecule has 5 heteroatoms.